The van der Waals surface area contributed by atoms with Crippen LogP contribution in [0.4, 0.5) is 5.69 Å². The molecule has 0 saturated heterocycles. The van der Waals surface area contributed by atoms with Gasteiger partial charge in [0.2, 0.25) is 5.91 Å². The number of carbonyl (C=O) groups is 1. The van der Waals surface area contributed by atoms with Crippen molar-refractivity contribution in [2.45, 2.75) is 19.8 Å². The molecule has 0 bridgehead atoms. The molecule has 0 fully saturated rings. The van der Waals surface area contributed by atoms with E-state index in [0.29, 0.717) is 6.42 Å². The van der Waals surface area contributed by atoms with E-state index in [0.717, 1.165) is 12.1 Å². The van der Waals surface area contributed by atoms with Crippen molar-refractivity contribution in [1.82, 2.24) is 0 Å². The SMILES string of the molecule is Cc1cccc(CCC(=O)N(C)c2ccc(O)cc2)c1. The van der Waals surface area contributed by atoms with Gasteiger partial charge in [0.25, 0.3) is 0 Å². The number of phenols is 1. The standard InChI is InChI=1S/C17H19NO2/c1-13-4-3-5-14(12-13)6-11-17(20)18(2)15-7-9-16(19)10-8-15/h3-5,7-10,12,19H,6,11H2,1-2H3. The number of aryl methyl sites for hydroxylation is 2. The van der Waals surface area contributed by atoms with Gasteiger partial charge in [-0.05, 0) is 43.2 Å². The Bertz CT molecular complexity index is 590. The first-order valence-corrected chi connectivity index (χ1v) is 6.67. The molecule has 3 heteroatoms. The van der Waals surface area contributed by atoms with Crippen LogP contribution in [0.3, 0.4) is 0 Å². The smallest absolute Gasteiger partial charge is 0.227 e. The highest BCUT2D eigenvalue weighted by Gasteiger charge is 2.10. The van der Waals surface area contributed by atoms with Gasteiger partial charge in [-0.2, -0.15) is 0 Å². The molecule has 20 heavy (non-hydrogen) atoms. The van der Waals surface area contributed by atoms with E-state index in [1.807, 2.05) is 25.1 Å². The van der Waals surface area contributed by atoms with E-state index in [1.165, 1.54) is 11.1 Å². The van der Waals surface area contributed by atoms with Crippen LogP contribution < -0.4 is 4.90 Å². The fourth-order valence-electron chi connectivity index (χ4n) is 2.11. The van der Waals surface area contributed by atoms with Crippen LogP contribution in [0.5, 0.6) is 5.75 Å². The second-order valence-corrected chi connectivity index (χ2v) is 4.96. The third-order valence-corrected chi connectivity index (χ3v) is 3.32. The minimum atomic E-state index is 0.0668. The maximum atomic E-state index is 12.2. The fourth-order valence-corrected chi connectivity index (χ4v) is 2.11. The van der Waals surface area contributed by atoms with E-state index < -0.39 is 0 Å². The van der Waals surface area contributed by atoms with Crippen LogP contribution in [-0.4, -0.2) is 18.1 Å². The normalized spacial score (nSPS) is 10.3. The third-order valence-electron chi connectivity index (χ3n) is 3.32. The molecule has 1 amide bonds. The molecular weight excluding hydrogens is 250 g/mol. The van der Waals surface area contributed by atoms with Gasteiger partial charge in [-0.25, -0.2) is 0 Å². The number of benzene rings is 2. The molecule has 0 aliphatic carbocycles. The maximum Gasteiger partial charge on any atom is 0.227 e. The predicted octanol–water partition coefficient (Wildman–Crippen LogP) is 3.30. The summed E-state index contributed by atoms with van der Waals surface area (Å²) in [6.07, 6.45) is 1.21. The third kappa shape index (κ3) is 3.60. The molecule has 1 N–H and O–H groups in total. The molecule has 0 aliphatic rings. The predicted molar refractivity (Wildman–Crippen MR) is 81.0 cm³/mol. The van der Waals surface area contributed by atoms with Crippen molar-refractivity contribution >= 4 is 11.6 Å². The summed E-state index contributed by atoms with van der Waals surface area (Å²) in [5.41, 5.74) is 3.18. The molecule has 0 aliphatic heterocycles. The lowest BCUT2D eigenvalue weighted by atomic mass is 10.1. The van der Waals surface area contributed by atoms with E-state index in [2.05, 4.69) is 6.07 Å². The monoisotopic (exact) mass is 269 g/mol. The average Bonchev–Trinajstić information content (AvgIpc) is 2.45. The summed E-state index contributed by atoms with van der Waals surface area (Å²) in [4.78, 5) is 13.8. The Labute approximate surface area is 119 Å². The Kier molecular flexibility index (Phi) is 4.41. The van der Waals surface area contributed by atoms with Crippen LogP contribution in [0, 0.1) is 6.92 Å². The van der Waals surface area contributed by atoms with Crippen LogP contribution in [0.15, 0.2) is 48.5 Å². The second-order valence-electron chi connectivity index (χ2n) is 4.96. The van der Waals surface area contributed by atoms with Crippen LogP contribution in [0.25, 0.3) is 0 Å². The molecule has 2 rings (SSSR count). The molecule has 0 unspecified atom stereocenters. The van der Waals surface area contributed by atoms with Gasteiger partial charge in [0, 0.05) is 19.2 Å². The Morgan fingerprint density at radius 3 is 2.50 bits per heavy atom. The first-order valence-electron chi connectivity index (χ1n) is 6.67. The van der Waals surface area contributed by atoms with Gasteiger partial charge >= 0.3 is 0 Å². The largest absolute Gasteiger partial charge is 0.508 e. The fraction of sp³-hybridized carbons (Fsp3) is 0.235. The van der Waals surface area contributed by atoms with Crippen molar-refractivity contribution < 1.29 is 9.90 Å². The summed E-state index contributed by atoms with van der Waals surface area (Å²) in [5.74, 6) is 0.270. The Morgan fingerprint density at radius 2 is 1.85 bits per heavy atom. The van der Waals surface area contributed by atoms with Gasteiger partial charge in [0.1, 0.15) is 5.75 Å². The molecular formula is C17H19NO2. The van der Waals surface area contributed by atoms with Crippen molar-refractivity contribution in [3.63, 3.8) is 0 Å². The Hall–Kier alpha value is -2.29. The molecule has 0 aromatic heterocycles. The molecule has 0 atom stereocenters. The lowest BCUT2D eigenvalue weighted by Crippen LogP contribution is -2.26. The van der Waals surface area contributed by atoms with Crippen molar-refractivity contribution in [3.8, 4) is 5.75 Å². The topological polar surface area (TPSA) is 40.5 Å². The number of nitrogens with zero attached hydrogens (tertiary/aromatic N) is 1. The summed E-state index contributed by atoms with van der Waals surface area (Å²) < 4.78 is 0. The quantitative estimate of drug-likeness (QED) is 0.925. The second kappa shape index (κ2) is 6.24. The molecule has 0 saturated carbocycles. The zero-order valence-corrected chi connectivity index (χ0v) is 11.8. The highest BCUT2D eigenvalue weighted by atomic mass is 16.3. The highest BCUT2D eigenvalue weighted by molar-refractivity contribution is 5.92. The highest BCUT2D eigenvalue weighted by Crippen LogP contribution is 2.18. The van der Waals surface area contributed by atoms with Crippen LogP contribution in [-0.2, 0) is 11.2 Å². The molecule has 104 valence electrons. The van der Waals surface area contributed by atoms with E-state index in [4.69, 9.17) is 0 Å². The lowest BCUT2D eigenvalue weighted by molar-refractivity contribution is -0.118. The summed E-state index contributed by atoms with van der Waals surface area (Å²) >= 11 is 0. The number of hydrogen-bond donors (Lipinski definition) is 1. The number of hydrogen-bond acceptors (Lipinski definition) is 2. The van der Waals surface area contributed by atoms with Gasteiger partial charge in [0.15, 0.2) is 0 Å². The number of aromatic hydroxyl groups is 1. The first-order chi connectivity index (χ1) is 9.56. The van der Waals surface area contributed by atoms with E-state index in [9.17, 15) is 9.90 Å². The Morgan fingerprint density at radius 1 is 1.15 bits per heavy atom. The zero-order chi connectivity index (χ0) is 14.5. The van der Waals surface area contributed by atoms with E-state index in [1.54, 1.807) is 36.2 Å². The van der Waals surface area contributed by atoms with Gasteiger partial charge in [-0.3, -0.25) is 4.79 Å². The van der Waals surface area contributed by atoms with Gasteiger partial charge in [-0.1, -0.05) is 29.8 Å². The molecule has 0 spiro atoms. The summed E-state index contributed by atoms with van der Waals surface area (Å²) in [7, 11) is 1.75. The molecule has 2 aromatic rings. The lowest BCUT2D eigenvalue weighted by Gasteiger charge is -2.17. The number of amides is 1. The number of anilines is 1. The first kappa shape index (κ1) is 14.1. The van der Waals surface area contributed by atoms with Crippen LogP contribution in [0.1, 0.15) is 17.5 Å². The van der Waals surface area contributed by atoms with Gasteiger partial charge in [0.05, 0.1) is 0 Å². The molecule has 0 radical (unpaired) electrons. The van der Waals surface area contributed by atoms with E-state index >= 15 is 0 Å². The van der Waals surface area contributed by atoms with E-state index in [-0.39, 0.29) is 11.7 Å². The summed E-state index contributed by atoms with van der Waals surface area (Å²) in [6, 6.07) is 14.8. The molecule has 3 nitrogen and oxygen atoms in total. The van der Waals surface area contributed by atoms with Crippen molar-refractivity contribution in [2.75, 3.05) is 11.9 Å². The minimum Gasteiger partial charge on any atom is -0.508 e. The van der Waals surface area contributed by atoms with Crippen molar-refractivity contribution in [1.29, 1.82) is 0 Å². The molecule has 0 heterocycles. The number of phenolic OH excluding ortho intramolecular Hbond substituents is 1. The number of rotatable bonds is 4. The minimum absolute atomic E-state index is 0.0668. The van der Waals surface area contributed by atoms with Crippen molar-refractivity contribution in [3.05, 3.63) is 59.7 Å². The van der Waals surface area contributed by atoms with Crippen LogP contribution >= 0.6 is 0 Å². The van der Waals surface area contributed by atoms with Crippen molar-refractivity contribution in [2.24, 2.45) is 0 Å². The van der Waals surface area contributed by atoms with Gasteiger partial charge in [-0.15, -0.1) is 0 Å². The molecule has 2 aromatic carbocycles. The average molecular weight is 269 g/mol. The maximum absolute atomic E-state index is 12.2. The Balaban J connectivity index is 1.96. The zero-order valence-electron chi connectivity index (χ0n) is 11.8. The summed E-state index contributed by atoms with van der Waals surface area (Å²) in [5, 5.41) is 9.25. The summed E-state index contributed by atoms with van der Waals surface area (Å²) in [6.45, 7) is 2.05. The van der Waals surface area contributed by atoms with Crippen LogP contribution in [0.2, 0.25) is 0 Å². The number of carbonyl (C=O) groups excluding carboxylic acids is 1. The van der Waals surface area contributed by atoms with Gasteiger partial charge < -0.3 is 10.0 Å².